The van der Waals surface area contributed by atoms with Gasteiger partial charge in [-0.15, -0.1) is 0 Å². The van der Waals surface area contributed by atoms with Gasteiger partial charge in [0.05, 0.1) is 0 Å². The van der Waals surface area contributed by atoms with Crippen LogP contribution in [0.15, 0.2) is 205 Å². The molecule has 2 saturated carbocycles. The summed E-state index contributed by atoms with van der Waals surface area (Å²) in [5, 5.41) is 2.50. The van der Waals surface area contributed by atoms with Crippen LogP contribution in [-0.4, -0.2) is 12.1 Å². The molecule has 8 aromatic carbocycles. The molecule has 2 aliphatic heterocycles. The molecule has 0 amide bonds. The van der Waals surface area contributed by atoms with Gasteiger partial charge in [-0.05, 0) is 137 Å². The van der Waals surface area contributed by atoms with Crippen molar-refractivity contribution in [3.63, 3.8) is 0 Å². The Hall–Kier alpha value is -6.84. The molecule has 1 aromatic heterocycles. The second kappa shape index (κ2) is 14.5. The zero-order valence-corrected chi connectivity index (χ0v) is 33.6. The van der Waals surface area contributed by atoms with E-state index in [1.807, 2.05) is 0 Å². The summed E-state index contributed by atoms with van der Waals surface area (Å²) in [5.74, 6) is 1.98. The molecule has 2 aliphatic carbocycles. The molecule has 0 spiro atoms. The second-order valence-electron chi connectivity index (χ2n) is 17.3. The van der Waals surface area contributed by atoms with Gasteiger partial charge in [0.2, 0.25) is 0 Å². The molecule has 0 atom stereocenters. The molecule has 290 valence electrons. The number of piperidine rings is 2. The Balaban J connectivity index is 0.818. The molecule has 4 bridgehead atoms. The smallest absolute Gasteiger partial charge is 0.138 e. The largest absolute Gasteiger partial charge is 0.456 e. The number of anilines is 4. The summed E-state index contributed by atoms with van der Waals surface area (Å²) in [7, 11) is 0. The second-order valence-corrected chi connectivity index (χ2v) is 17.3. The third-order valence-corrected chi connectivity index (χ3v) is 14.0. The Morgan fingerprint density at radius 3 is 1.42 bits per heavy atom. The monoisotopic (exact) mass is 774 g/mol. The predicted molar refractivity (Wildman–Crippen MR) is 249 cm³/mol. The predicted octanol–water partition coefficient (Wildman–Crippen LogP) is 15.2. The maximum Gasteiger partial charge on any atom is 0.138 e. The van der Waals surface area contributed by atoms with Crippen molar-refractivity contribution in [2.75, 3.05) is 9.80 Å². The highest BCUT2D eigenvalue weighted by Crippen LogP contribution is 2.58. The van der Waals surface area contributed by atoms with E-state index in [1.165, 1.54) is 81.1 Å². The van der Waals surface area contributed by atoms with Crippen LogP contribution in [0.3, 0.4) is 0 Å². The highest BCUT2D eigenvalue weighted by Gasteiger charge is 2.53. The van der Waals surface area contributed by atoms with Crippen molar-refractivity contribution in [1.82, 2.24) is 0 Å². The van der Waals surface area contributed by atoms with Crippen molar-refractivity contribution in [3.8, 4) is 33.4 Å². The topological polar surface area (TPSA) is 19.6 Å². The van der Waals surface area contributed by atoms with Gasteiger partial charge in [0.15, 0.2) is 0 Å². The molecule has 13 rings (SSSR count). The average molecular weight is 775 g/mol. The Kier molecular flexibility index (Phi) is 8.47. The van der Waals surface area contributed by atoms with E-state index in [0.29, 0.717) is 29.8 Å². The van der Waals surface area contributed by atoms with Gasteiger partial charge in [0.25, 0.3) is 0 Å². The fourth-order valence-electron chi connectivity index (χ4n) is 11.4. The van der Waals surface area contributed by atoms with Crippen LogP contribution in [0.1, 0.15) is 37.2 Å². The molecule has 0 unspecified atom stereocenters. The van der Waals surface area contributed by atoms with E-state index in [-0.39, 0.29) is 0 Å². The standard InChI is InChI=1S/C57H46N2O/c1-3-11-38(12-4-1)40-21-27-46(28-22-40)58(47-29-23-41(24-30-47)39-13-5-2-6-14-39)48-31-25-42(26-32-48)43-15-9-16-49(33-43)59-50-34-44-35-51(59)37-45(36-50)56(44)54-19-10-18-53-52-17-7-8-20-55(52)60-57(53)54/h1-33,44-45,50-51,56H,34-37H2. The lowest BCUT2D eigenvalue weighted by Crippen LogP contribution is -2.60. The molecule has 60 heavy (non-hydrogen) atoms. The molecule has 3 heterocycles. The molecule has 4 aliphatic rings. The summed E-state index contributed by atoms with van der Waals surface area (Å²) in [5.41, 5.74) is 15.7. The zero-order valence-electron chi connectivity index (χ0n) is 33.6. The number of hydrogen-bond donors (Lipinski definition) is 0. The number of furan rings is 1. The van der Waals surface area contributed by atoms with Gasteiger partial charge in [-0.2, -0.15) is 0 Å². The van der Waals surface area contributed by atoms with E-state index < -0.39 is 0 Å². The van der Waals surface area contributed by atoms with Crippen LogP contribution in [0.5, 0.6) is 0 Å². The van der Waals surface area contributed by atoms with Gasteiger partial charge >= 0.3 is 0 Å². The molecular weight excluding hydrogens is 729 g/mol. The number of hydrogen-bond acceptors (Lipinski definition) is 3. The first kappa shape index (κ1) is 35.1. The lowest BCUT2D eigenvalue weighted by atomic mass is 9.56. The van der Waals surface area contributed by atoms with E-state index >= 15 is 0 Å². The third-order valence-electron chi connectivity index (χ3n) is 14.0. The summed E-state index contributed by atoms with van der Waals surface area (Å²) in [6, 6.07) is 74.2. The maximum absolute atomic E-state index is 6.58. The van der Waals surface area contributed by atoms with E-state index in [9.17, 15) is 0 Å². The third kappa shape index (κ3) is 6.03. The quantitative estimate of drug-likeness (QED) is 0.153. The molecule has 4 fully saturated rings. The van der Waals surface area contributed by atoms with E-state index in [2.05, 4.69) is 210 Å². The first-order valence-electron chi connectivity index (χ1n) is 21.7. The number of para-hydroxylation sites is 2. The van der Waals surface area contributed by atoms with Crippen LogP contribution in [-0.2, 0) is 0 Å². The highest BCUT2D eigenvalue weighted by atomic mass is 16.3. The first-order valence-corrected chi connectivity index (χ1v) is 21.7. The summed E-state index contributed by atoms with van der Waals surface area (Å²) in [4.78, 5) is 5.18. The summed E-state index contributed by atoms with van der Waals surface area (Å²) in [6.07, 6.45) is 5.01. The van der Waals surface area contributed by atoms with E-state index in [1.54, 1.807) is 0 Å². The zero-order chi connectivity index (χ0) is 39.6. The first-order chi connectivity index (χ1) is 29.7. The minimum Gasteiger partial charge on any atom is -0.456 e. The SMILES string of the molecule is c1ccc(-c2ccc(N(c3ccc(-c4ccccc4)cc3)c3ccc(-c4cccc(N5C6CC7CC5CC(C6)C7c5cccc6c5oc5ccccc56)c4)cc3)cc2)cc1. The Labute approximate surface area is 352 Å². The van der Waals surface area contributed by atoms with Crippen LogP contribution in [0.25, 0.3) is 55.3 Å². The Morgan fingerprint density at radius 1 is 0.400 bits per heavy atom. The van der Waals surface area contributed by atoms with Gasteiger partial charge < -0.3 is 14.2 Å². The average Bonchev–Trinajstić information content (AvgIpc) is 3.70. The van der Waals surface area contributed by atoms with Gasteiger partial charge in [-0.1, -0.05) is 146 Å². The lowest BCUT2D eigenvalue weighted by molar-refractivity contribution is 0.0619. The summed E-state index contributed by atoms with van der Waals surface area (Å²) < 4.78 is 6.58. The normalized spacial score (nSPS) is 20.5. The van der Waals surface area contributed by atoms with Crippen LogP contribution in [0.2, 0.25) is 0 Å². The van der Waals surface area contributed by atoms with Crippen LogP contribution < -0.4 is 9.80 Å². The molecule has 0 radical (unpaired) electrons. The fourth-order valence-corrected chi connectivity index (χ4v) is 11.4. The lowest BCUT2D eigenvalue weighted by Gasteiger charge is -2.60. The maximum atomic E-state index is 6.58. The Bertz CT molecular complexity index is 2840. The Morgan fingerprint density at radius 2 is 0.850 bits per heavy atom. The number of nitrogens with zero attached hydrogens (tertiary/aromatic N) is 2. The summed E-state index contributed by atoms with van der Waals surface area (Å²) in [6.45, 7) is 0. The summed E-state index contributed by atoms with van der Waals surface area (Å²) >= 11 is 0. The molecule has 2 saturated heterocycles. The molecule has 0 N–H and O–H groups in total. The van der Waals surface area contributed by atoms with Crippen molar-refractivity contribution in [3.05, 3.63) is 206 Å². The van der Waals surface area contributed by atoms with Gasteiger partial charge in [0, 0.05) is 45.6 Å². The van der Waals surface area contributed by atoms with Crippen molar-refractivity contribution >= 4 is 44.7 Å². The van der Waals surface area contributed by atoms with Crippen LogP contribution >= 0.6 is 0 Å². The molecule has 9 aromatic rings. The molecule has 3 heteroatoms. The van der Waals surface area contributed by atoms with Crippen molar-refractivity contribution in [2.45, 2.75) is 43.7 Å². The van der Waals surface area contributed by atoms with Gasteiger partial charge in [-0.25, -0.2) is 0 Å². The number of benzene rings is 8. The van der Waals surface area contributed by atoms with E-state index in [0.717, 1.165) is 28.2 Å². The van der Waals surface area contributed by atoms with Crippen LogP contribution in [0, 0.1) is 11.8 Å². The minimum absolute atomic E-state index is 0.580. The minimum atomic E-state index is 0.580. The number of fused-ring (bicyclic) bond motifs is 3. The van der Waals surface area contributed by atoms with Crippen LogP contribution in [0.4, 0.5) is 22.7 Å². The number of rotatable bonds is 8. The van der Waals surface area contributed by atoms with Gasteiger partial charge in [-0.3, -0.25) is 0 Å². The van der Waals surface area contributed by atoms with Gasteiger partial charge in [0.1, 0.15) is 11.2 Å². The molecule has 3 nitrogen and oxygen atoms in total. The van der Waals surface area contributed by atoms with E-state index in [4.69, 9.17) is 4.42 Å². The van der Waals surface area contributed by atoms with Crippen molar-refractivity contribution in [2.24, 2.45) is 11.8 Å². The fraction of sp³-hybridized carbons (Fsp3) is 0.158. The van der Waals surface area contributed by atoms with Crippen molar-refractivity contribution < 1.29 is 4.42 Å². The van der Waals surface area contributed by atoms with Crippen molar-refractivity contribution in [1.29, 1.82) is 0 Å². The highest BCUT2D eigenvalue weighted by molar-refractivity contribution is 6.06. The molecular formula is C57H46N2O.